The zero-order valence-electron chi connectivity index (χ0n) is 20.3. The van der Waals surface area contributed by atoms with Gasteiger partial charge in [-0.05, 0) is 57.7 Å². The molecule has 0 aliphatic carbocycles. The number of nitrogens with one attached hydrogen (secondary N) is 2. The van der Waals surface area contributed by atoms with Crippen molar-refractivity contribution in [3.8, 4) is 0 Å². The maximum Gasteiger partial charge on any atom is 0.282 e. The van der Waals surface area contributed by atoms with Crippen molar-refractivity contribution in [2.45, 2.75) is 65.1 Å². The summed E-state index contributed by atoms with van der Waals surface area (Å²) in [6.07, 6.45) is 4.85. The van der Waals surface area contributed by atoms with E-state index in [4.69, 9.17) is 0 Å². The number of carbonyl (C=O) groups is 1. The summed E-state index contributed by atoms with van der Waals surface area (Å²) in [5, 5.41) is 14.4. The Morgan fingerprint density at radius 1 is 1.18 bits per heavy atom. The highest BCUT2D eigenvalue weighted by molar-refractivity contribution is 7.17. The lowest BCUT2D eigenvalue weighted by molar-refractivity contribution is 0.0932. The molecule has 178 valence electrons. The topological polar surface area (TPSA) is 77.1 Å². The predicted octanol–water partition coefficient (Wildman–Crippen LogP) is 4.33. The molecule has 3 heterocycles. The van der Waals surface area contributed by atoms with E-state index in [9.17, 15) is 4.79 Å². The van der Waals surface area contributed by atoms with Crippen LogP contribution < -0.4 is 10.2 Å². The van der Waals surface area contributed by atoms with Gasteiger partial charge in [-0.15, -0.1) is 10.2 Å². The maximum atomic E-state index is 13.1. The molecule has 1 amide bonds. The van der Waals surface area contributed by atoms with Gasteiger partial charge in [0, 0.05) is 48.3 Å². The highest BCUT2D eigenvalue weighted by Crippen LogP contribution is 2.26. The lowest BCUT2D eigenvalue weighted by atomic mass is 9.97. The first-order chi connectivity index (χ1) is 15.8. The molecule has 3 atom stereocenters. The minimum absolute atomic E-state index is 0.0511. The second-order valence-corrected chi connectivity index (χ2v) is 10.8. The number of likely N-dealkylation sites (N-methyl/N-ethyl adjacent to an activating group) is 1. The Morgan fingerprint density at radius 3 is 2.64 bits per heavy atom. The number of anilines is 1. The lowest BCUT2D eigenvalue weighted by Gasteiger charge is -2.42. The van der Waals surface area contributed by atoms with Crippen LogP contribution in [-0.2, 0) is 6.42 Å². The van der Waals surface area contributed by atoms with E-state index in [0.29, 0.717) is 23.0 Å². The Bertz CT molecular complexity index is 1060. The van der Waals surface area contributed by atoms with Gasteiger partial charge in [0.15, 0.2) is 0 Å². The van der Waals surface area contributed by atoms with Crippen LogP contribution >= 0.6 is 11.3 Å². The number of aromatic amines is 1. The number of piperazine rings is 1. The van der Waals surface area contributed by atoms with Crippen molar-refractivity contribution in [2.75, 3.05) is 25.0 Å². The third-order valence-electron chi connectivity index (χ3n) is 6.81. The second-order valence-electron chi connectivity index (χ2n) is 9.86. The number of H-pyrrole nitrogens is 1. The van der Waals surface area contributed by atoms with E-state index in [0.717, 1.165) is 43.0 Å². The van der Waals surface area contributed by atoms with Crippen molar-refractivity contribution in [3.05, 3.63) is 41.0 Å². The summed E-state index contributed by atoms with van der Waals surface area (Å²) in [4.78, 5) is 21.1. The molecule has 8 heteroatoms. The molecule has 1 unspecified atom stereocenters. The molecule has 1 fully saturated rings. The molecule has 1 aliphatic heterocycles. The fourth-order valence-electron chi connectivity index (χ4n) is 4.57. The smallest absolute Gasteiger partial charge is 0.282 e. The van der Waals surface area contributed by atoms with Crippen LogP contribution in [0, 0.1) is 5.92 Å². The molecule has 7 nitrogen and oxygen atoms in total. The van der Waals surface area contributed by atoms with Gasteiger partial charge in [-0.2, -0.15) is 0 Å². The number of carbonyl (C=O) groups excluding carboxylic acids is 1. The van der Waals surface area contributed by atoms with Gasteiger partial charge in [-0.1, -0.05) is 43.4 Å². The van der Waals surface area contributed by atoms with E-state index in [1.807, 2.05) is 6.07 Å². The standard InChI is InChI=1S/C25H36N6OS/c1-16(2)10-11-20(12-19-13-26-22-9-7-6-8-21(19)22)27-23(32)24-28-29-25(33-24)31-14-17(3)30(5)18(4)15-31/h6-9,13,16-18,20,26H,10-12,14-15H2,1-5H3,(H,27,32)/t17-,18+,20?. The van der Waals surface area contributed by atoms with E-state index in [1.165, 1.54) is 22.3 Å². The number of benzene rings is 1. The van der Waals surface area contributed by atoms with Gasteiger partial charge in [0.05, 0.1) is 0 Å². The van der Waals surface area contributed by atoms with E-state index >= 15 is 0 Å². The van der Waals surface area contributed by atoms with Crippen molar-refractivity contribution in [2.24, 2.45) is 5.92 Å². The van der Waals surface area contributed by atoms with Gasteiger partial charge in [0.25, 0.3) is 5.91 Å². The number of rotatable bonds is 8. The van der Waals surface area contributed by atoms with Gasteiger partial charge >= 0.3 is 0 Å². The molecule has 33 heavy (non-hydrogen) atoms. The molecular weight excluding hydrogens is 432 g/mol. The van der Waals surface area contributed by atoms with Gasteiger partial charge in [0.2, 0.25) is 10.1 Å². The van der Waals surface area contributed by atoms with E-state index in [2.05, 4.69) is 89.4 Å². The first kappa shape index (κ1) is 23.7. The van der Waals surface area contributed by atoms with Gasteiger partial charge < -0.3 is 15.2 Å². The first-order valence-corrected chi connectivity index (χ1v) is 12.8. The van der Waals surface area contributed by atoms with Crippen LogP contribution in [0.3, 0.4) is 0 Å². The molecule has 1 saturated heterocycles. The Hall–Kier alpha value is -2.45. The Morgan fingerprint density at radius 2 is 1.91 bits per heavy atom. The van der Waals surface area contributed by atoms with Crippen LogP contribution in [0.15, 0.2) is 30.5 Å². The minimum Gasteiger partial charge on any atom is -0.361 e. The zero-order chi connectivity index (χ0) is 23.5. The Balaban J connectivity index is 1.45. The molecule has 2 aromatic heterocycles. The summed E-state index contributed by atoms with van der Waals surface area (Å²) < 4.78 is 0. The summed E-state index contributed by atoms with van der Waals surface area (Å²) in [5.41, 5.74) is 2.36. The minimum atomic E-state index is -0.123. The molecule has 0 saturated carbocycles. The summed E-state index contributed by atoms with van der Waals surface area (Å²) in [7, 11) is 2.16. The van der Waals surface area contributed by atoms with Crippen LogP contribution in [0.1, 0.15) is 55.9 Å². The zero-order valence-corrected chi connectivity index (χ0v) is 21.2. The molecule has 0 spiro atoms. The third kappa shape index (κ3) is 5.55. The van der Waals surface area contributed by atoms with Crippen LogP contribution in [0.5, 0.6) is 0 Å². The number of hydrogen-bond donors (Lipinski definition) is 2. The SMILES string of the molecule is CC(C)CCC(Cc1c[nH]c2ccccc12)NC(=O)c1nnc(N2C[C@@H](C)N(C)[C@@H](C)C2)s1. The van der Waals surface area contributed by atoms with Crippen LogP contribution in [-0.4, -0.2) is 64.3 Å². The number of aromatic nitrogens is 3. The average molecular weight is 469 g/mol. The number of nitrogens with zero attached hydrogens (tertiary/aromatic N) is 4. The number of amides is 1. The molecule has 2 N–H and O–H groups in total. The van der Waals surface area contributed by atoms with Gasteiger partial charge in [0.1, 0.15) is 0 Å². The number of para-hydroxylation sites is 1. The molecule has 4 rings (SSSR count). The van der Waals surface area contributed by atoms with Crippen molar-refractivity contribution in [3.63, 3.8) is 0 Å². The average Bonchev–Trinajstić information content (AvgIpc) is 3.43. The van der Waals surface area contributed by atoms with Crippen LogP contribution in [0.2, 0.25) is 0 Å². The maximum absolute atomic E-state index is 13.1. The normalized spacial score (nSPS) is 20.5. The Kier molecular flexibility index (Phi) is 7.34. The largest absolute Gasteiger partial charge is 0.361 e. The molecular formula is C25H36N6OS. The van der Waals surface area contributed by atoms with Crippen molar-refractivity contribution >= 4 is 33.3 Å². The first-order valence-electron chi connectivity index (χ1n) is 12.0. The summed E-state index contributed by atoms with van der Waals surface area (Å²) in [6, 6.07) is 9.24. The summed E-state index contributed by atoms with van der Waals surface area (Å²) in [5.74, 6) is 0.462. The van der Waals surface area contributed by atoms with Crippen molar-refractivity contribution in [1.29, 1.82) is 0 Å². The monoisotopic (exact) mass is 468 g/mol. The lowest BCUT2D eigenvalue weighted by Crippen LogP contribution is -2.55. The van der Waals surface area contributed by atoms with Gasteiger partial charge in [-0.25, -0.2) is 0 Å². The quantitative estimate of drug-likeness (QED) is 0.515. The van der Waals surface area contributed by atoms with E-state index < -0.39 is 0 Å². The fraction of sp³-hybridized carbons (Fsp3) is 0.560. The molecule has 1 aromatic carbocycles. The highest BCUT2D eigenvalue weighted by atomic mass is 32.1. The van der Waals surface area contributed by atoms with Crippen LogP contribution in [0.4, 0.5) is 5.13 Å². The van der Waals surface area contributed by atoms with Crippen molar-refractivity contribution < 1.29 is 4.79 Å². The van der Waals surface area contributed by atoms with Crippen molar-refractivity contribution in [1.82, 2.24) is 25.4 Å². The molecule has 0 bridgehead atoms. The summed E-state index contributed by atoms with van der Waals surface area (Å²) in [6.45, 7) is 10.7. The van der Waals surface area contributed by atoms with Gasteiger partial charge in [-0.3, -0.25) is 9.69 Å². The molecule has 1 aliphatic rings. The summed E-state index contributed by atoms with van der Waals surface area (Å²) >= 11 is 1.40. The highest BCUT2D eigenvalue weighted by Gasteiger charge is 2.29. The Labute approximate surface area is 200 Å². The third-order valence-corrected chi connectivity index (χ3v) is 7.79. The fourth-order valence-corrected chi connectivity index (χ4v) is 5.33. The van der Waals surface area contributed by atoms with Crippen LogP contribution in [0.25, 0.3) is 10.9 Å². The van der Waals surface area contributed by atoms with E-state index in [-0.39, 0.29) is 11.9 Å². The molecule has 3 aromatic rings. The molecule has 0 radical (unpaired) electrons. The number of hydrogen-bond acceptors (Lipinski definition) is 6. The number of fused-ring (bicyclic) bond motifs is 1. The second kappa shape index (κ2) is 10.2. The predicted molar refractivity (Wildman–Crippen MR) is 136 cm³/mol. The van der Waals surface area contributed by atoms with E-state index in [1.54, 1.807) is 0 Å².